The Labute approximate surface area is 108 Å². The second kappa shape index (κ2) is 4.16. The van der Waals surface area contributed by atoms with Gasteiger partial charge < -0.3 is 0 Å². The standard InChI is InChI=1S/C9H3BrCl2N2O2/c10-4-1-5-8(12)7(14(15)16)3-13-9(5)6(11)2-4/h1-3H. The van der Waals surface area contributed by atoms with Crippen LogP contribution in [0.2, 0.25) is 10.0 Å². The summed E-state index contributed by atoms with van der Waals surface area (Å²) in [5.74, 6) is 0. The first-order valence-electron chi connectivity index (χ1n) is 4.08. The average molecular weight is 322 g/mol. The summed E-state index contributed by atoms with van der Waals surface area (Å²) in [4.78, 5) is 14.0. The van der Waals surface area contributed by atoms with Gasteiger partial charge in [-0.1, -0.05) is 39.1 Å². The molecule has 1 aromatic carbocycles. The van der Waals surface area contributed by atoms with Crippen LogP contribution in [0.25, 0.3) is 10.9 Å². The minimum Gasteiger partial charge on any atom is -0.258 e. The van der Waals surface area contributed by atoms with E-state index in [9.17, 15) is 10.1 Å². The molecule has 0 fully saturated rings. The number of fused-ring (bicyclic) bond motifs is 1. The van der Waals surface area contributed by atoms with Crippen LogP contribution in [0.3, 0.4) is 0 Å². The topological polar surface area (TPSA) is 56.0 Å². The largest absolute Gasteiger partial charge is 0.306 e. The van der Waals surface area contributed by atoms with Gasteiger partial charge in [0.2, 0.25) is 0 Å². The zero-order chi connectivity index (χ0) is 11.9. The van der Waals surface area contributed by atoms with Gasteiger partial charge in [-0.3, -0.25) is 10.1 Å². The zero-order valence-electron chi connectivity index (χ0n) is 7.58. The molecule has 0 saturated carbocycles. The summed E-state index contributed by atoms with van der Waals surface area (Å²) >= 11 is 15.1. The zero-order valence-corrected chi connectivity index (χ0v) is 10.7. The van der Waals surface area contributed by atoms with E-state index in [4.69, 9.17) is 23.2 Å². The van der Waals surface area contributed by atoms with E-state index < -0.39 is 4.92 Å². The van der Waals surface area contributed by atoms with E-state index in [2.05, 4.69) is 20.9 Å². The summed E-state index contributed by atoms with van der Waals surface area (Å²) in [6.07, 6.45) is 1.10. The molecule has 0 atom stereocenters. The van der Waals surface area contributed by atoms with E-state index in [0.717, 1.165) is 6.20 Å². The highest BCUT2D eigenvalue weighted by Crippen LogP contribution is 2.35. The molecule has 2 aromatic rings. The summed E-state index contributed by atoms with van der Waals surface area (Å²) in [7, 11) is 0. The van der Waals surface area contributed by atoms with Crippen molar-refractivity contribution in [3.8, 4) is 0 Å². The molecule has 0 unspecified atom stereocenters. The number of hydrogen-bond donors (Lipinski definition) is 0. The van der Waals surface area contributed by atoms with Crippen molar-refractivity contribution >= 4 is 55.7 Å². The molecule has 0 bridgehead atoms. The lowest BCUT2D eigenvalue weighted by molar-refractivity contribution is -0.384. The minimum atomic E-state index is -0.580. The SMILES string of the molecule is O=[N+]([O-])c1cnc2c(Cl)cc(Br)cc2c1Cl. The third-order valence-electron chi connectivity index (χ3n) is 2.00. The van der Waals surface area contributed by atoms with Crippen molar-refractivity contribution < 1.29 is 4.92 Å². The molecular formula is C9H3BrCl2N2O2. The van der Waals surface area contributed by atoms with E-state index in [1.807, 2.05) is 0 Å². The monoisotopic (exact) mass is 320 g/mol. The second-order valence-electron chi connectivity index (χ2n) is 3.00. The van der Waals surface area contributed by atoms with Crippen LogP contribution in [0.15, 0.2) is 22.8 Å². The van der Waals surface area contributed by atoms with Gasteiger partial charge in [0.15, 0.2) is 0 Å². The van der Waals surface area contributed by atoms with Crippen LogP contribution in [0.1, 0.15) is 0 Å². The Morgan fingerprint density at radius 3 is 2.69 bits per heavy atom. The molecule has 0 saturated heterocycles. The molecule has 2 rings (SSSR count). The van der Waals surface area contributed by atoms with Crippen molar-refractivity contribution in [3.63, 3.8) is 0 Å². The van der Waals surface area contributed by atoms with Gasteiger partial charge >= 0.3 is 5.69 Å². The molecule has 4 nitrogen and oxygen atoms in total. The Bertz CT molecular complexity index is 604. The Morgan fingerprint density at radius 1 is 1.38 bits per heavy atom. The van der Waals surface area contributed by atoms with Gasteiger partial charge in [-0.15, -0.1) is 0 Å². The summed E-state index contributed by atoms with van der Waals surface area (Å²) in [5, 5.41) is 11.6. The third kappa shape index (κ3) is 1.86. The van der Waals surface area contributed by atoms with Crippen molar-refractivity contribution in [1.29, 1.82) is 0 Å². The first kappa shape index (κ1) is 11.6. The van der Waals surface area contributed by atoms with E-state index in [1.54, 1.807) is 12.1 Å². The molecule has 0 amide bonds. The fourth-order valence-corrected chi connectivity index (χ4v) is 2.43. The molecule has 0 aliphatic rings. The summed E-state index contributed by atoms with van der Waals surface area (Å²) in [6, 6.07) is 3.29. The summed E-state index contributed by atoms with van der Waals surface area (Å²) in [5.41, 5.74) is 0.212. The Balaban J connectivity index is 2.89. The molecular weight excluding hydrogens is 319 g/mol. The maximum Gasteiger partial charge on any atom is 0.306 e. The molecule has 7 heteroatoms. The van der Waals surface area contributed by atoms with Gasteiger partial charge in [0.05, 0.1) is 15.5 Å². The van der Waals surface area contributed by atoms with Crippen molar-refractivity contribution in [1.82, 2.24) is 4.98 Å². The number of aromatic nitrogens is 1. The Morgan fingerprint density at radius 2 is 2.06 bits per heavy atom. The van der Waals surface area contributed by atoms with Crippen molar-refractivity contribution in [3.05, 3.63) is 43.0 Å². The normalized spacial score (nSPS) is 10.7. The highest BCUT2D eigenvalue weighted by atomic mass is 79.9. The number of benzene rings is 1. The molecule has 16 heavy (non-hydrogen) atoms. The van der Waals surface area contributed by atoms with Crippen molar-refractivity contribution in [2.75, 3.05) is 0 Å². The second-order valence-corrected chi connectivity index (χ2v) is 4.70. The number of halogens is 3. The Kier molecular flexibility index (Phi) is 3.01. The van der Waals surface area contributed by atoms with Crippen LogP contribution in [0.5, 0.6) is 0 Å². The summed E-state index contributed by atoms with van der Waals surface area (Å²) < 4.78 is 0.689. The van der Waals surface area contributed by atoms with Crippen LogP contribution in [-0.2, 0) is 0 Å². The van der Waals surface area contributed by atoms with Crippen molar-refractivity contribution in [2.24, 2.45) is 0 Å². The quantitative estimate of drug-likeness (QED) is 0.584. The minimum absolute atomic E-state index is 0.0400. The molecule has 0 aliphatic carbocycles. The number of nitrogens with zero attached hydrogens (tertiary/aromatic N) is 2. The maximum atomic E-state index is 10.7. The van der Waals surface area contributed by atoms with E-state index in [-0.39, 0.29) is 10.7 Å². The predicted octanol–water partition coefficient (Wildman–Crippen LogP) is 4.21. The van der Waals surface area contributed by atoms with Crippen LogP contribution < -0.4 is 0 Å². The molecule has 1 heterocycles. The predicted molar refractivity (Wildman–Crippen MR) is 66.1 cm³/mol. The fraction of sp³-hybridized carbons (Fsp3) is 0. The first-order chi connectivity index (χ1) is 7.50. The van der Waals surface area contributed by atoms with Gasteiger partial charge in [-0.2, -0.15) is 0 Å². The number of hydrogen-bond acceptors (Lipinski definition) is 3. The van der Waals surface area contributed by atoms with Crippen LogP contribution in [0.4, 0.5) is 5.69 Å². The van der Waals surface area contributed by atoms with Crippen LogP contribution >= 0.6 is 39.1 Å². The molecule has 0 aliphatic heterocycles. The van der Waals surface area contributed by atoms with Gasteiger partial charge in [0.1, 0.15) is 11.2 Å². The average Bonchev–Trinajstić information content (AvgIpc) is 2.19. The fourth-order valence-electron chi connectivity index (χ4n) is 1.31. The highest BCUT2D eigenvalue weighted by molar-refractivity contribution is 9.10. The molecule has 0 radical (unpaired) electrons. The lowest BCUT2D eigenvalue weighted by Crippen LogP contribution is -1.92. The van der Waals surface area contributed by atoms with E-state index in [1.165, 1.54) is 0 Å². The molecule has 0 spiro atoms. The van der Waals surface area contributed by atoms with Gasteiger partial charge in [-0.05, 0) is 12.1 Å². The Hall–Kier alpha value is -0.910. The van der Waals surface area contributed by atoms with Crippen LogP contribution in [0, 0.1) is 10.1 Å². The van der Waals surface area contributed by atoms with Crippen LogP contribution in [-0.4, -0.2) is 9.91 Å². The number of nitro groups is 1. The third-order valence-corrected chi connectivity index (χ3v) is 3.15. The lowest BCUT2D eigenvalue weighted by Gasteiger charge is -2.03. The smallest absolute Gasteiger partial charge is 0.258 e. The maximum absolute atomic E-state index is 10.7. The van der Waals surface area contributed by atoms with Gasteiger partial charge in [-0.25, -0.2) is 4.98 Å². The molecule has 0 N–H and O–H groups in total. The van der Waals surface area contributed by atoms with E-state index >= 15 is 0 Å². The molecule has 1 aromatic heterocycles. The lowest BCUT2D eigenvalue weighted by atomic mass is 10.2. The summed E-state index contributed by atoms with van der Waals surface area (Å²) in [6.45, 7) is 0. The van der Waals surface area contributed by atoms with Crippen molar-refractivity contribution in [2.45, 2.75) is 0 Å². The van der Waals surface area contributed by atoms with E-state index in [0.29, 0.717) is 20.4 Å². The van der Waals surface area contributed by atoms with Gasteiger partial charge in [0.25, 0.3) is 0 Å². The number of rotatable bonds is 1. The first-order valence-corrected chi connectivity index (χ1v) is 5.63. The highest BCUT2D eigenvalue weighted by Gasteiger charge is 2.17. The number of pyridine rings is 1. The van der Waals surface area contributed by atoms with Gasteiger partial charge in [0, 0.05) is 9.86 Å². The molecule has 82 valence electrons.